The van der Waals surface area contributed by atoms with Crippen LogP contribution in [-0.2, 0) is 10.0 Å². The number of amides is 1. The van der Waals surface area contributed by atoms with Crippen molar-refractivity contribution in [1.29, 1.82) is 0 Å². The van der Waals surface area contributed by atoms with E-state index in [9.17, 15) is 13.2 Å². The van der Waals surface area contributed by atoms with Gasteiger partial charge in [-0.3, -0.25) is 4.79 Å². The first kappa shape index (κ1) is 20.0. The van der Waals surface area contributed by atoms with Crippen molar-refractivity contribution < 1.29 is 27.4 Å². The Morgan fingerprint density at radius 2 is 1.82 bits per heavy atom. The largest absolute Gasteiger partial charge is 0.496 e. The van der Waals surface area contributed by atoms with Crippen LogP contribution in [0.3, 0.4) is 0 Å². The first-order valence-electron chi connectivity index (χ1n) is 8.67. The van der Waals surface area contributed by atoms with Gasteiger partial charge in [-0.05, 0) is 42.8 Å². The zero-order chi connectivity index (χ0) is 20.3. The van der Waals surface area contributed by atoms with Crippen LogP contribution in [0.1, 0.15) is 28.9 Å². The summed E-state index contributed by atoms with van der Waals surface area (Å²) in [5, 5.41) is 2.47. The van der Waals surface area contributed by atoms with Crippen LogP contribution in [0.25, 0.3) is 0 Å². The van der Waals surface area contributed by atoms with Crippen molar-refractivity contribution in [2.45, 2.75) is 17.9 Å². The molecule has 0 radical (unpaired) electrons. The molecule has 2 N–H and O–H groups in total. The van der Waals surface area contributed by atoms with Crippen molar-refractivity contribution >= 4 is 15.9 Å². The predicted octanol–water partition coefficient (Wildman–Crippen LogP) is 1.87. The maximum Gasteiger partial charge on any atom is 0.254 e. The minimum Gasteiger partial charge on any atom is -0.496 e. The molecular formula is C19H22N2O6S. The van der Waals surface area contributed by atoms with E-state index in [1.807, 2.05) is 0 Å². The number of hydrogen-bond acceptors (Lipinski definition) is 6. The van der Waals surface area contributed by atoms with Crippen molar-refractivity contribution in [3.63, 3.8) is 0 Å². The molecule has 0 saturated carbocycles. The summed E-state index contributed by atoms with van der Waals surface area (Å²) in [6.45, 7) is 2.66. The quantitative estimate of drug-likeness (QED) is 0.759. The summed E-state index contributed by atoms with van der Waals surface area (Å²) in [5.74, 6) is 1.07. The number of benzene rings is 2. The number of fused-ring (bicyclic) bond motifs is 1. The molecule has 9 heteroatoms. The number of hydrogen-bond donors (Lipinski definition) is 2. The lowest BCUT2D eigenvalue weighted by atomic mass is 10.1. The van der Waals surface area contributed by atoms with Gasteiger partial charge >= 0.3 is 0 Å². The standard InChI is InChI=1S/C19H22N2O6S/c1-12(13-4-6-17-18(10-13)27-9-8-26-17)21-28(23,24)14-5-7-16(25-3)15(11-14)19(22)20-2/h4-7,10-12,21H,8-9H2,1-3H3,(H,20,22). The molecule has 0 bridgehead atoms. The second kappa shape index (κ2) is 8.07. The third-order valence-electron chi connectivity index (χ3n) is 4.35. The number of nitrogens with one attached hydrogen (secondary N) is 2. The Hall–Kier alpha value is -2.78. The van der Waals surface area contributed by atoms with Crippen LogP contribution in [0.5, 0.6) is 17.2 Å². The molecule has 150 valence electrons. The molecule has 0 aromatic heterocycles. The van der Waals surface area contributed by atoms with E-state index in [1.54, 1.807) is 25.1 Å². The number of rotatable bonds is 6. The Bertz CT molecular complexity index is 990. The molecule has 0 spiro atoms. The fraction of sp³-hybridized carbons (Fsp3) is 0.316. The Morgan fingerprint density at radius 1 is 1.11 bits per heavy atom. The highest BCUT2D eigenvalue weighted by Gasteiger charge is 2.23. The zero-order valence-electron chi connectivity index (χ0n) is 15.8. The molecule has 0 saturated heterocycles. The van der Waals surface area contributed by atoms with E-state index in [0.29, 0.717) is 24.7 Å². The van der Waals surface area contributed by atoms with Crippen molar-refractivity contribution in [1.82, 2.24) is 10.0 Å². The number of methoxy groups -OCH3 is 1. The number of ether oxygens (including phenoxy) is 3. The van der Waals surface area contributed by atoms with Gasteiger partial charge in [0.25, 0.3) is 5.91 Å². The van der Waals surface area contributed by atoms with Crippen LogP contribution < -0.4 is 24.2 Å². The van der Waals surface area contributed by atoms with Crippen LogP contribution >= 0.6 is 0 Å². The van der Waals surface area contributed by atoms with Crippen molar-refractivity contribution in [3.05, 3.63) is 47.5 Å². The summed E-state index contributed by atoms with van der Waals surface area (Å²) in [6.07, 6.45) is 0. The minimum atomic E-state index is -3.88. The van der Waals surface area contributed by atoms with Gasteiger partial charge in [-0.2, -0.15) is 0 Å². The lowest BCUT2D eigenvalue weighted by molar-refractivity contribution is 0.0960. The molecule has 8 nitrogen and oxygen atoms in total. The lowest BCUT2D eigenvalue weighted by Gasteiger charge is -2.21. The second-order valence-corrected chi connectivity index (χ2v) is 7.90. The molecule has 0 fully saturated rings. The summed E-state index contributed by atoms with van der Waals surface area (Å²) in [5.41, 5.74) is 0.868. The number of carbonyl (C=O) groups is 1. The van der Waals surface area contributed by atoms with E-state index >= 15 is 0 Å². The average Bonchev–Trinajstić information content (AvgIpc) is 2.71. The third-order valence-corrected chi connectivity index (χ3v) is 5.89. The Morgan fingerprint density at radius 3 is 2.50 bits per heavy atom. The predicted molar refractivity (Wildman–Crippen MR) is 103 cm³/mol. The molecule has 1 aliphatic rings. The van der Waals surface area contributed by atoms with E-state index < -0.39 is 22.0 Å². The normalized spacial score (nSPS) is 14.2. The van der Waals surface area contributed by atoms with Gasteiger partial charge in [-0.1, -0.05) is 6.07 Å². The fourth-order valence-electron chi connectivity index (χ4n) is 2.86. The van der Waals surface area contributed by atoms with Crippen molar-refractivity contribution in [2.75, 3.05) is 27.4 Å². The smallest absolute Gasteiger partial charge is 0.254 e. The van der Waals surface area contributed by atoms with Gasteiger partial charge in [0, 0.05) is 13.1 Å². The van der Waals surface area contributed by atoms with Gasteiger partial charge in [0.05, 0.1) is 17.6 Å². The Labute approximate surface area is 163 Å². The molecule has 28 heavy (non-hydrogen) atoms. The van der Waals surface area contributed by atoms with Crippen LogP contribution in [0.15, 0.2) is 41.3 Å². The summed E-state index contributed by atoms with van der Waals surface area (Å²) >= 11 is 0. The van der Waals surface area contributed by atoms with Crippen LogP contribution in [-0.4, -0.2) is 41.7 Å². The summed E-state index contributed by atoms with van der Waals surface area (Å²) in [6, 6.07) is 8.91. The molecule has 1 amide bonds. The van der Waals surface area contributed by atoms with Gasteiger partial charge < -0.3 is 19.5 Å². The third kappa shape index (κ3) is 4.05. The van der Waals surface area contributed by atoms with Crippen LogP contribution in [0, 0.1) is 0 Å². The van der Waals surface area contributed by atoms with Gasteiger partial charge in [0.2, 0.25) is 10.0 Å². The summed E-state index contributed by atoms with van der Waals surface area (Å²) in [7, 11) is -0.998. The van der Waals surface area contributed by atoms with Gasteiger partial charge in [-0.15, -0.1) is 0 Å². The van der Waals surface area contributed by atoms with Gasteiger partial charge in [-0.25, -0.2) is 13.1 Å². The zero-order valence-corrected chi connectivity index (χ0v) is 16.6. The molecule has 1 unspecified atom stereocenters. The molecule has 2 aromatic carbocycles. The maximum atomic E-state index is 12.8. The molecule has 1 atom stereocenters. The molecule has 1 aliphatic heterocycles. The van der Waals surface area contributed by atoms with Gasteiger partial charge in [0.15, 0.2) is 11.5 Å². The van der Waals surface area contributed by atoms with Crippen LogP contribution in [0.4, 0.5) is 0 Å². The number of sulfonamides is 1. The molecule has 0 aliphatic carbocycles. The summed E-state index contributed by atoms with van der Waals surface area (Å²) in [4.78, 5) is 12.0. The average molecular weight is 406 g/mol. The molecule has 3 rings (SSSR count). The fourth-order valence-corrected chi connectivity index (χ4v) is 4.12. The minimum absolute atomic E-state index is 0.0312. The van der Waals surface area contributed by atoms with E-state index in [1.165, 1.54) is 32.4 Å². The summed E-state index contributed by atoms with van der Waals surface area (Å²) < 4.78 is 44.4. The SMILES string of the molecule is CNC(=O)c1cc(S(=O)(=O)NC(C)c2ccc3c(c2)OCCO3)ccc1OC. The van der Waals surface area contributed by atoms with E-state index in [2.05, 4.69) is 10.0 Å². The second-order valence-electron chi connectivity index (χ2n) is 6.19. The van der Waals surface area contributed by atoms with Crippen molar-refractivity contribution in [3.8, 4) is 17.2 Å². The molecule has 2 aromatic rings. The maximum absolute atomic E-state index is 12.8. The van der Waals surface area contributed by atoms with Gasteiger partial charge in [0.1, 0.15) is 19.0 Å². The van der Waals surface area contributed by atoms with E-state index in [4.69, 9.17) is 14.2 Å². The highest BCUT2D eigenvalue weighted by molar-refractivity contribution is 7.89. The first-order chi connectivity index (χ1) is 13.4. The molecular weight excluding hydrogens is 384 g/mol. The Kier molecular flexibility index (Phi) is 5.76. The van der Waals surface area contributed by atoms with Crippen LogP contribution in [0.2, 0.25) is 0 Å². The highest BCUT2D eigenvalue weighted by Crippen LogP contribution is 2.33. The van der Waals surface area contributed by atoms with E-state index in [-0.39, 0.29) is 16.2 Å². The highest BCUT2D eigenvalue weighted by atomic mass is 32.2. The van der Waals surface area contributed by atoms with Crippen molar-refractivity contribution in [2.24, 2.45) is 0 Å². The molecule has 1 heterocycles. The topological polar surface area (TPSA) is 103 Å². The first-order valence-corrected chi connectivity index (χ1v) is 10.2. The lowest BCUT2D eigenvalue weighted by Crippen LogP contribution is -2.28. The Balaban J connectivity index is 1.86. The van der Waals surface area contributed by atoms with E-state index in [0.717, 1.165) is 5.56 Å². The monoisotopic (exact) mass is 406 g/mol. The number of carbonyl (C=O) groups excluding carboxylic acids is 1.